The number of halogens is 2. The van der Waals surface area contributed by atoms with E-state index in [1.165, 1.54) is 12.1 Å². The summed E-state index contributed by atoms with van der Waals surface area (Å²) in [5.41, 5.74) is -0.863. The Morgan fingerprint density at radius 2 is 1.37 bits per heavy atom. The zero-order chi connectivity index (χ0) is 38.9. The van der Waals surface area contributed by atoms with Crippen LogP contribution in [0.2, 0.25) is 0 Å². The van der Waals surface area contributed by atoms with E-state index in [0.717, 1.165) is 34.3 Å². The Kier molecular flexibility index (Phi) is 10.7. The summed E-state index contributed by atoms with van der Waals surface area (Å²) in [6.45, 7) is 9.33. The van der Waals surface area contributed by atoms with Gasteiger partial charge in [-0.25, -0.2) is 9.48 Å². The van der Waals surface area contributed by atoms with Gasteiger partial charge >= 0.3 is 19.6 Å². The Hall–Kier alpha value is -5.06. The normalized spacial score (nSPS) is 13.5. The van der Waals surface area contributed by atoms with Gasteiger partial charge < -0.3 is 9.47 Å². The molecule has 1 unspecified atom stereocenters. The van der Waals surface area contributed by atoms with Crippen LogP contribution in [0.15, 0.2) is 121 Å². The van der Waals surface area contributed by atoms with Crippen LogP contribution in [0.25, 0.3) is 22.2 Å². The van der Waals surface area contributed by atoms with Crippen LogP contribution in [0, 0.1) is 0 Å². The van der Waals surface area contributed by atoms with Crippen molar-refractivity contribution in [1.82, 2.24) is 15.0 Å². The number of para-hydroxylation sites is 1. The van der Waals surface area contributed by atoms with E-state index >= 15 is 0 Å². The van der Waals surface area contributed by atoms with E-state index in [0.29, 0.717) is 34.4 Å². The summed E-state index contributed by atoms with van der Waals surface area (Å²) in [6, 6.07) is 35.6. The van der Waals surface area contributed by atoms with Crippen molar-refractivity contribution in [2.45, 2.75) is 70.4 Å². The van der Waals surface area contributed by atoms with Crippen molar-refractivity contribution in [3.8, 4) is 16.9 Å². The number of hydrogen-bond donors (Lipinski definition) is 3. The first-order valence-corrected chi connectivity index (χ1v) is 19.2. The van der Waals surface area contributed by atoms with Crippen molar-refractivity contribution >= 4 is 24.9 Å². The van der Waals surface area contributed by atoms with Crippen LogP contribution in [0.4, 0.5) is 8.78 Å². The Morgan fingerprint density at radius 1 is 0.778 bits per heavy atom. The van der Waals surface area contributed by atoms with Gasteiger partial charge in [0.15, 0.2) is 0 Å². The molecule has 0 saturated heterocycles. The second-order valence-electron chi connectivity index (χ2n) is 14.6. The van der Waals surface area contributed by atoms with Gasteiger partial charge in [-0.05, 0) is 105 Å². The van der Waals surface area contributed by atoms with Crippen LogP contribution in [0.1, 0.15) is 67.2 Å². The maximum absolute atomic E-state index is 14.7. The summed E-state index contributed by atoms with van der Waals surface area (Å²) in [5.74, 6) is 0.165. The molecule has 5 aromatic carbocycles. The molecule has 0 spiro atoms. The zero-order valence-corrected chi connectivity index (χ0v) is 31.5. The average molecular weight is 755 g/mol. The molecule has 1 aromatic heterocycles. The minimum Gasteiger partial charge on any atom is -0.491 e. The minimum atomic E-state index is -5.50. The summed E-state index contributed by atoms with van der Waals surface area (Å²) < 4.78 is 43.0. The molecule has 0 radical (unpaired) electrons. The smallest absolute Gasteiger partial charge is 0.484 e. The van der Waals surface area contributed by atoms with E-state index in [4.69, 9.17) is 9.47 Å². The fraction of sp³-hybridized carbons (Fsp3) is 0.262. The fourth-order valence-corrected chi connectivity index (χ4v) is 7.06. The van der Waals surface area contributed by atoms with Crippen LogP contribution >= 0.6 is 7.94 Å². The van der Waals surface area contributed by atoms with E-state index < -0.39 is 36.3 Å². The highest BCUT2D eigenvalue weighted by Crippen LogP contribution is 2.65. The lowest BCUT2D eigenvalue weighted by Crippen LogP contribution is -2.40. The molecule has 3 N–H and O–H groups in total. The number of rotatable bonds is 12. The highest BCUT2D eigenvalue weighted by molar-refractivity contribution is 7.59. The SMILES string of the molecule is CC(C)Oc1ccc(C(=O)OC(C)(C)C)c(-c2ccc(CC(Cc3ccc(C(F)(F)[P+](O)(O)O)cc3)(c3ccccc3)n3nnc4ccccc43)cc2)c1. The van der Waals surface area contributed by atoms with Crippen molar-refractivity contribution in [3.05, 3.63) is 149 Å². The van der Waals surface area contributed by atoms with Crippen molar-refractivity contribution < 1.29 is 37.7 Å². The number of ether oxygens (including phenoxy) is 2. The number of carbonyl (C=O) groups excluding carboxylic acids is 1. The van der Waals surface area contributed by atoms with Crippen molar-refractivity contribution in [3.63, 3.8) is 0 Å². The molecule has 1 atom stereocenters. The van der Waals surface area contributed by atoms with Gasteiger partial charge in [-0.3, -0.25) is 0 Å². The molecule has 0 amide bonds. The van der Waals surface area contributed by atoms with Gasteiger partial charge in [0.25, 0.3) is 0 Å². The standard InChI is InChI=1S/C42H43F2N3O6P/c1-28(2)52-34-23-24-35(39(48)53-40(3,4)5)36(25-34)31-19-15-29(16-20-31)26-41(32-11-7-6-8-12-32,47-38-14-10-9-13-37(38)45-46-47)27-30-17-21-33(22-18-30)42(43,44)54(49,50)51/h6-25,28,49-51H,26-27H2,1-5H3/q+1. The third-order valence-electron chi connectivity index (χ3n) is 8.99. The van der Waals surface area contributed by atoms with Crippen LogP contribution in [0.3, 0.4) is 0 Å². The first-order chi connectivity index (χ1) is 25.5. The van der Waals surface area contributed by atoms with Gasteiger partial charge in [-0.15, -0.1) is 5.10 Å². The first kappa shape index (κ1) is 38.7. The van der Waals surface area contributed by atoms with Gasteiger partial charge in [0.2, 0.25) is 0 Å². The molecule has 0 aliphatic heterocycles. The summed E-state index contributed by atoms with van der Waals surface area (Å²) >= 11 is 0. The summed E-state index contributed by atoms with van der Waals surface area (Å²) in [7, 11) is -5.50. The number of hydrogen-bond acceptors (Lipinski definition) is 8. The van der Waals surface area contributed by atoms with Gasteiger partial charge in [-0.1, -0.05) is 84.1 Å². The van der Waals surface area contributed by atoms with E-state index in [-0.39, 0.29) is 12.5 Å². The minimum absolute atomic E-state index is 0.0756. The van der Waals surface area contributed by atoms with Crippen LogP contribution in [-0.4, -0.2) is 47.3 Å². The number of alkyl halides is 2. The molecular weight excluding hydrogens is 711 g/mol. The molecule has 6 rings (SSSR count). The maximum atomic E-state index is 14.7. The molecule has 1 heterocycles. The lowest BCUT2D eigenvalue weighted by atomic mass is 9.78. The Balaban J connectivity index is 1.46. The second kappa shape index (κ2) is 15.0. The Bertz CT molecular complexity index is 2230. The third-order valence-corrected chi connectivity index (χ3v) is 10.00. The molecule has 54 heavy (non-hydrogen) atoms. The highest BCUT2D eigenvalue weighted by atomic mass is 31.2. The summed E-state index contributed by atoms with van der Waals surface area (Å²) in [5, 5.41) is 9.15. The topological polar surface area (TPSA) is 127 Å². The van der Waals surface area contributed by atoms with E-state index in [1.807, 2.05) is 124 Å². The highest BCUT2D eigenvalue weighted by Gasteiger charge is 2.63. The predicted molar refractivity (Wildman–Crippen MR) is 205 cm³/mol. The number of benzene rings is 5. The predicted octanol–water partition coefficient (Wildman–Crippen LogP) is 8.86. The Labute approximate surface area is 313 Å². The number of nitrogens with zero attached hydrogens (tertiary/aromatic N) is 3. The van der Waals surface area contributed by atoms with E-state index in [2.05, 4.69) is 10.3 Å². The zero-order valence-electron chi connectivity index (χ0n) is 30.6. The van der Waals surface area contributed by atoms with E-state index in [9.17, 15) is 28.3 Å². The van der Waals surface area contributed by atoms with E-state index in [1.54, 1.807) is 12.1 Å². The molecule has 12 heteroatoms. The van der Waals surface area contributed by atoms with Gasteiger partial charge in [0.05, 0.1) is 28.3 Å². The number of fused-ring (bicyclic) bond motifs is 1. The van der Waals surface area contributed by atoms with Gasteiger partial charge in [0, 0.05) is 12.8 Å². The average Bonchev–Trinajstić information content (AvgIpc) is 3.56. The van der Waals surface area contributed by atoms with Crippen molar-refractivity contribution in [2.24, 2.45) is 0 Å². The monoisotopic (exact) mass is 754 g/mol. The van der Waals surface area contributed by atoms with Gasteiger partial charge in [-0.2, -0.15) is 23.5 Å². The third kappa shape index (κ3) is 8.20. The molecule has 280 valence electrons. The second-order valence-corrected chi connectivity index (χ2v) is 16.3. The van der Waals surface area contributed by atoms with Crippen molar-refractivity contribution in [1.29, 1.82) is 0 Å². The van der Waals surface area contributed by atoms with Crippen molar-refractivity contribution in [2.75, 3.05) is 0 Å². The molecule has 9 nitrogen and oxygen atoms in total. The number of esters is 1. The Morgan fingerprint density at radius 3 is 1.96 bits per heavy atom. The molecule has 6 aromatic rings. The lowest BCUT2D eigenvalue weighted by molar-refractivity contribution is 0.00703. The quantitative estimate of drug-likeness (QED) is 0.0836. The maximum Gasteiger partial charge on any atom is 0.484 e. The largest absolute Gasteiger partial charge is 0.491 e. The lowest BCUT2D eigenvalue weighted by Gasteiger charge is -2.36. The fourth-order valence-electron chi connectivity index (χ4n) is 6.56. The molecule has 0 aliphatic rings. The number of carbonyl (C=O) groups is 1. The number of aromatic nitrogens is 3. The molecule has 0 aliphatic carbocycles. The first-order valence-electron chi connectivity index (χ1n) is 17.5. The summed E-state index contributed by atoms with van der Waals surface area (Å²) in [4.78, 5) is 41.7. The van der Waals surface area contributed by atoms with Crippen LogP contribution in [-0.2, 0) is 28.8 Å². The van der Waals surface area contributed by atoms with Gasteiger partial charge in [0.1, 0.15) is 16.9 Å². The molecule has 0 saturated carbocycles. The molecule has 0 fully saturated rings. The molecular formula is C42H43F2N3O6P+. The van der Waals surface area contributed by atoms with Crippen LogP contribution < -0.4 is 4.74 Å². The van der Waals surface area contributed by atoms with Crippen LogP contribution in [0.5, 0.6) is 5.75 Å². The molecule has 0 bridgehead atoms. The summed E-state index contributed by atoms with van der Waals surface area (Å²) in [6.07, 6.45) is 0.581.